The van der Waals surface area contributed by atoms with Gasteiger partial charge in [-0.1, -0.05) is 55.8 Å². The standard InChI is InChI=1S/C16H19N/c1-2-12-10-11-17-16(12)15-9-5-7-13-6-3-4-8-14(13)15/h3-9,12,16-17H,2,10-11H2,1H3. The first-order valence-corrected chi connectivity index (χ1v) is 6.61. The minimum absolute atomic E-state index is 0.547. The highest BCUT2D eigenvalue weighted by Gasteiger charge is 2.27. The summed E-state index contributed by atoms with van der Waals surface area (Å²) in [5, 5.41) is 6.43. The molecule has 88 valence electrons. The van der Waals surface area contributed by atoms with Crippen LogP contribution < -0.4 is 5.32 Å². The van der Waals surface area contributed by atoms with E-state index in [4.69, 9.17) is 0 Å². The summed E-state index contributed by atoms with van der Waals surface area (Å²) in [6, 6.07) is 15.9. The van der Waals surface area contributed by atoms with Crippen molar-refractivity contribution in [1.29, 1.82) is 0 Å². The molecule has 0 radical (unpaired) electrons. The zero-order valence-electron chi connectivity index (χ0n) is 10.3. The molecule has 1 saturated heterocycles. The smallest absolute Gasteiger partial charge is 0.0355 e. The molecule has 3 rings (SSSR count). The number of nitrogens with one attached hydrogen (secondary N) is 1. The van der Waals surface area contributed by atoms with Gasteiger partial charge in [-0.05, 0) is 35.2 Å². The predicted molar refractivity (Wildman–Crippen MR) is 73.1 cm³/mol. The van der Waals surface area contributed by atoms with Gasteiger partial charge < -0.3 is 5.32 Å². The highest BCUT2D eigenvalue weighted by molar-refractivity contribution is 5.86. The molecule has 1 heterocycles. The Morgan fingerprint density at radius 1 is 1.12 bits per heavy atom. The Kier molecular flexibility index (Phi) is 2.86. The van der Waals surface area contributed by atoms with Crippen molar-refractivity contribution in [3.8, 4) is 0 Å². The minimum atomic E-state index is 0.547. The summed E-state index contributed by atoms with van der Waals surface area (Å²) in [5.74, 6) is 0.792. The lowest BCUT2D eigenvalue weighted by Crippen LogP contribution is -2.17. The van der Waals surface area contributed by atoms with Crippen LogP contribution in [0.3, 0.4) is 0 Å². The van der Waals surface area contributed by atoms with E-state index in [9.17, 15) is 0 Å². The first-order chi connectivity index (χ1) is 8.40. The molecule has 1 aliphatic rings. The van der Waals surface area contributed by atoms with Crippen molar-refractivity contribution in [3.63, 3.8) is 0 Å². The molecule has 0 bridgehead atoms. The van der Waals surface area contributed by atoms with Gasteiger partial charge in [0.15, 0.2) is 0 Å². The van der Waals surface area contributed by atoms with Crippen LogP contribution in [0, 0.1) is 5.92 Å². The van der Waals surface area contributed by atoms with E-state index < -0.39 is 0 Å². The maximum absolute atomic E-state index is 3.67. The van der Waals surface area contributed by atoms with E-state index in [2.05, 4.69) is 54.7 Å². The second-order valence-electron chi connectivity index (χ2n) is 4.96. The third-order valence-corrected chi connectivity index (χ3v) is 4.03. The van der Waals surface area contributed by atoms with Crippen LogP contribution in [-0.4, -0.2) is 6.54 Å². The van der Waals surface area contributed by atoms with Crippen molar-refractivity contribution in [2.45, 2.75) is 25.8 Å². The lowest BCUT2D eigenvalue weighted by molar-refractivity contribution is 0.452. The normalized spacial score (nSPS) is 24.3. The summed E-state index contributed by atoms with van der Waals surface area (Å²) in [6.45, 7) is 3.46. The monoisotopic (exact) mass is 225 g/mol. The summed E-state index contributed by atoms with van der Waals surface area (Å²) >= 11 is 0. The van der Waals surface area contributed by atoms with Crippen LogP contribution in [0.15, 0.2) is 42.5 Å². The van der Waals surface area contributed by atoms with E-state index in [1.807, 2.05) is 0 Å². The van der Waals surface area contributed by atoms with Gasteiger partial charge in [0.25, 0.3) is 0 Å². The molecule has 2 atom stereocenters. The molecule has 0 aliphatic carbocycles. The number of rotatable bonds is 2. The molecule has 1 aliphatic heterocycles. The van der Waals surface area contributed by atoms with E-state index in [0.717, 1.165) is 12.5 Å². The van der Waals surface area contributed by atoms with Gasteiger partial charge in [-0.2, -0.15) is 0 Å². The van der Waals surface area contributed by atoms with E-state index in [-0.39, 0.29) is 0 Å². The molecule has 0 amide bonds. The van der Waals surface area contributed by atoms with Gasteiger partial charge in [0.2, 0.25) is 0 Å². The molecule has 2 aromatic rings. The molecule has 1 nitrogen and oxygen atoms in total. The minimum Gasteiger partial charge on any atom is -0.310 e. The highest BCUT2D eigenvalue weighted by Crippen LogP contribution is 2.35. The Hall–Kier alpha value is -1.34. The molecule has 1 fully saturated rings. The van der Waals surface area contributed by atoms with Gasteiger partial charge >= 0.3 is 0 Å². The second kappa shape index (κ2) is 4.50. The second-order valence-corrected chi connectivity index (χ2v) is 4.96. The topological polar surface area (TPSA) is 12.0 Å². The lowest BCUT2D eigenvalue weighted by Gasteiger charge is -2.20. The van der Waals surface area contributed by atoms with Crippen molar-refractivity contribution in [2.75, 3.05) is 6.54 Å². The maximum Gasteiger partial charge on any atom is 0.0355 e. The summed E-state index contributed by atoms with van der Waals surface area (Å²) in [7, 11) is 0. The number of hydrogen-bond donors (Lipinski definition) is 1. The van der Waals surface area contributed by atoms with Crippen LogP contribution in [0.2, 0.25) is 0 Å². The lowest BCUT2D eigenvalue weighted by atomic mass is 9.89. The zero-order chi connectivity index (χ0) is 11.7. The highest BCUT2D eigenvalue weighted by atomic mass is 14.9. The van der Waals surface area contributed by atoms with Crippen LogP contribution in [-0.2, 0) is 0 Å². The fourth-order valence-electron chi connectivity index (χ4n) is 3.08. The fraction of sp³-hybridized carbons (Fsp3) is 0.375. The Morgan fingerprint density at radius 3 is 2.82 bits per heavy atom. The van der Waals surface area contributed by atoms with E-state index in [0.29, 0.717) is 6.04 Å². The third-order valence-electron chi connectivity index (χ3n) is 4.03. The van der Waals surface area contributed by atoms with Gasteiger partial charge in [-0.15, -0.1) is 0 Å². The van der Waals surface area contributed by atoms with Crippen LogP contribution in [0.25, 0.3) is 10.8 Å². The average molecular weight is 225 g/mol. The van der Waals surface area contributed by atoms with Crippen LogP contribution in [0.5, 0.6) is 0 Å². The summed E-state index contributed by atoms with van der Waals surface area (Å²) < 4.78 is 0. The van der Waals surface area contributed by atoms with Crippen molar-refractivity contribution < 1.29 is 0 Å². The first-order valence-electron chi connectivity index (χ1n) is 6.61. The molecule has 0 aromatic heterocycles. The Bertz CT molecular complexity index is 512. The van der Waals surface area contributed by atoms with Crippen LogP contribution in [0.1, 0.15) is 31.4 Å². The van der Waals surface area contributed by atoms with E-state index in [1.54, 1.807) is 0 Å². The largest absolute Gasteiger partial charge is 0.310 e. The molecule has 0 spiro atoms. The van der Waals surface area contributed by atoms with Crippen LogP contribution >= 0.6 is 0 Å². The molecule has 1 heteroatoms. The molecule has 0 saturated carbocycles. The Labute approximate surface area is 103 Å². The summed E-state index contributed by atoms with van der Waals surface area (Å²) in [6.07, 6.45) is 2.57. The molecular formula is C16H19N. The fourth-order valence-corrected chi connectivity index (χ4v) is 3.08. The van der Waals surface area contributed by atoms with Crippen molar-refractivity contribution in [2.24, 2.45) is 5.92 Å². The third kappa shape index (κ3) is 1.85. The molecule has 1 N–H and O–H groups in total. The van der Waals surface area contributed by atoms with E-state index in [1.165, 1.54) is 29.2 Å². The number of fused-ring (bicyclic) bond motifs is 1. The first kappa shape index (κ1) is 10.8. The van der Waals surface area contributed by atoms with Gasteiger partial charge in [0.05, 0.1) is 0 Å². The molecule has 2 aromatic carbocycles. The summed E-state index contributed by atoms with van der Waals surface area (Å²) in [4.78, 5) is 0. The van der Waals surface area contributed by atoms with Gasteiger partial charge in [0.1, 0.15) is 0 Å². The zero-order valence-corrected chi connectivity index (χ0v) is 10.3. The SMILES string of the molecule is CCC1CCNC1c1cccc2ccccc12. The van der Waals surface area contributed by atoms with Gasteiger partial charge in [0, 0.05) is 6.04 Å². The summed E-state index contributed by atoms with van der Waals surface area (Å²) in [5.41, 5.74) is 1.48. The van der Waals surface area contributed by atoms with Gasteiger partial charge in [-0.3, -0.25) is 0 Å². The molecule has 17 heavy (non-hydrogen) atoms. The predicted octanol–water partition coefficient (Wildman–Crippen LogP) is 3.90. The van der Waals surface area contributed by atoms with E-state index >= 15 is 0 Å². The van der Waals surface area contributed by atoms with Crippen molar-refractivity contribution in [3.05, 3.63) is 48.0 Å². The quantitative estimate of drug-likeness (QED) is 0.817. The maximum atomic E-state index is 3.67. The Balaban J connectivity index is 2.10. The van der Waals surface area contributed by atoms with Gasteiger partial charge in [-0.25, -0.2) is 0 Å². The van der Waals surface area contributed by atoms with Crippen molar-refractivity contribution >= 4 is 10.8 Å². The average Bonchev–Trinajstić information content (AvgIpc) is 2.86. The van der Waals surface area contributed by atoms with Crippen molar-refractivity contribution in [1.82, 2.24) is 5.32 Å². The Morgan fingerprint density at radius 2 is 1.94 bits per heavy atom. The number of hydrogen-bond acceptors (Lipinski definition) is 1. The number of benzene rings is 2. The van der Waals surface area contributed by atoms with Crippen LogP contribution in [0.4, 0.5) is 0 Å². The molecular weight excluding hydrogens is 206 g/mol. The molecule has 2 unspecified atom stereocenters.